The molecule has 0 bridgehead atoms. The zero-order valence-corrected chi connectivity index (χ0v) is 72.5. The second-order valence-corrected chi connectivity index (χ2v) is 30.2. The maximum absolute atomic E-state index is 13.3. The molecule has 1 aliphatic carbocycles. The van der Waals surface area contributed by atoms with E-state index in [0.717, 1.165) is 31.1 Å². The van der Waals surface area contributed by atoms with E-state index in [-0.39, 0.29) is 164 Å². The highest BCUT2D eigenvalue weighted by atomic mass is 32.2. The molecule has 10 atom stereocenters. The number of nitrogens with zero attached hydrogens (tertiary/aromatic N) is 5. The van der Waals surface area contributed by atoms with Crippen LogP contribution in [0, 0.1) is 17.8 Å². The molecule has 8 N–H and O–H groups in total. The van der Waals surface area contributed by atoms with Gasteiger partial charge in [-0.25, -0.2) is 19.7 Å². The molecule has 0 spiro atoms. The number of carboxylic acids is 1. The number of hydrogen-bond donors (Lipinski definition) is 8. The van der Waals surface area contributed by atoms with Gasteiger partial charge in [-0.1, -0.05) is 60.6 Å². The molecule has 5 heterocycles. The number of amides is 4. The molecule has 0 radical (unpaired) electrons. The van der Waals surface area contributed by atoms with Crippen LogP contribution in [0.2, 0.25) is 0 Å². The minimum Gasteiger partial charge on any atom is -0.481 e. The lowest BCUT2D eigenvalue weighted by Crippen LogP contribution is -2.46. The molecular formula is C83H129N7O30S. The van der Waals surface area contributed by atoms with Crippen LogP contribution in [-0.4, -0.2) is 297 Å². The van der Waals surface area contributed by atoms with Gasteiger partial charge in [-0.15, -0.1) is 11.8 Å². The van der Waals surface area contributed by atoms with Gasteiger partial charge in [0, 0.05) is 129 Å². The first-order valence-corrected chi connectivity index (χ1v) is 42.5. The number of aliphatic carboxylic acids is 1. The minimum atomic E-state index is -0.945. The first kappa shape index (κ1) is 105. The van der Waals surface area contributed by atoms with Gasteiger partial charge in [0.05, 0.1) is 81.3 Å². The summed E-state index contributed by atoms with van der Waals surface area (Å²) in [6, 6.07) is 9.69. The number of morpholine rings is 1. The van der Waals surface area contributed by atoms with Crippen LogP contribution in [0.15, 0.2) is 47.0 Å². The standard InChI is InChI=1S/C36H45N5O10.C28H46N2O9S.C12H22O7.C7H16O4/c1-5-24(20-42)49-29(46-4)21-48-28(44)13-7-12-27(43)38-30(22(2)3)36(45)50-25-10-6-9-23(19-25)33-39-31-26-11-8-14-37-35(26)51-32(31)34(40-33)41-15-17-47-18-16-41;1-4-21(39-27(17-31)37-3)18-38-26(35)8-6-7-24(33)29-13-14-40-23-15-25(34)30(28(23)36)16-19-9-11-20(12-10-19)22(32)5-2;1-3-9(7-13)19-12(17-2)8-18-11(16)6-4-5-10(14)15;1-3-6(4-8)11-7(5-9)10-2/h6,8-11,14,19,22,24,29-30,42H,5,7,12-13,15-18,20-21H2,1-4H3,(H,38,43);19-21,23,27,31H,4-18H2,1-3H3,(H,29,33);9,12-13H,3-8H2,1-2H3,(H,14,15);6-9H,3-5H2,1-2H3/t24?,29?,30-;;;/m0.../s1. The van der Waals surface area contributed by atoms with Gasteiger partial charge in [0.1, 0.15) is 42.9 Å². The Balaban J connectivity index is 0.000000387. The third-order valence-corrected chi connectivity index (χ3v) is 20.9. The summed E-state index contributed by atoms with van der Waals surface area (Å²) in [7, 11) is 5.69. The van der Waals surface area contributed by atoms with E-state index >= 15 is 0 Å². The molecule has 7 rings (SSSR count). The van der Waals surface area contributed by atoms with Gasteiger partial charge < -0.3 is 112 Å². The molecule has 682 valence electrons. The number of rotatable bonds is 53. The van der Waals surface area contributed by atoms with Gasteiger partial charge >= 0.3 is 29.8 Å². The van der Waals surface area contributed by atoms with Crippen molar-refractivity contribution in [2.45, 2.75) is 231 Å². The molecule has 3 fully saturated rings. The van der Waals surface area contributed by atoms with E-state index in [1.807, 2.05) is 52.8 Å². The Morgan fingerprint density at radius 1 is 0.620 bits per heavy atom. The lowest BCUT2D eigenvalue weighted by molar-refractivity contribution is -0.194. The molecule has 4 aromatic rings. The Hall–Kier alpha value is -8.06. The number of ketones is 1. The molecule has 1 saturated carbocycles. The van der Waals surface area contributed by atoms with Crippen molar-refractivity contribution in [2.75, 3.05) is 131 Å². The van der Waals surface area contributed by atoms with Crippen LogP contribution in [0.5, 0.6) is 5.75 Å². The number of aliphatic hydroxyl groups is 5. The highest BCUT2D eigenvalue weighted by Crippen LogP contribution is 2.37. The summed E-state index contributed by atoms with van der Waals surface area (Å²) < 4.78 is 74.0. The summed E-state index contributed by atoms with van der Waals surface area (Å²) in [6.45, 7) is 15.1. The second-order valence-electron chi connectivity index (χ2n) is 28.9. The molecule has 4 amide bonds. The van der Waals surface area contributed by atoms with E-state index in [9.17, 15) is 53.1 Å². The fourth-order valence-corrected chi connectivity index (χ4v) is 13.4. The number of pyridine rings is 1. The number of imide groups is 1. The van der Waals surface area contributed by atoms with E-state index in [1.54, 1.807) is 38.2 Å². The van der Waals surface area contributed by atoms with Crippen molar-refractivity contribution in [1.82, 2.24) is 30.5 Å². The average molecular weight is 1740 g/mol. The fourth-order valence-electron chi connectivity index (χ4n) is 12.4. The fraction of sp³-hybridized carbons (Fsp3) is 0.699. The number of anilines is 1. The second kappa shape index (κ2) is 59.7. The number of hydrogen-bond acceptors (Lipinski definition) is 34. The SMILES string of the molecule is CCC(=O)C1CCC(CN2C(=O)CC(SCCNC(=O)CCCC(=O)OCC(CC)OC(CO)OC)C2=O)CC1.CCC(CO)OC(CO)OC.CCC(CO)OC(COC(=O)CCCC(=O)N[C@H](C(=O)Oc1cccc(-c2nc(N3CCOCC3)c3oc4ncccc4c3n2)c1)C(C)C)OC.CCC(CO)OC(COC(=O)CCCC(=O)O)OC. The number of furan rings is 1. The lowest BCUT2D eigenvalue weighted by atomic mass is 9.79. The van der Waals surface area contributed by atoms with Crippen molar-refractivity contribution >= 4 is 99.0 Å². The van der Waals surface area contributed by atoms with Crippen molar-refractivity contribution < 1.29 is 145 Å². The zero-order valence-electron chi connectivity index (χ0n) is 71.7. The summed E-state index contributed by atoms with van der Waals surface area (Å²) in [5, 5.41) is 59.0. The molecule has 3 aromatic heterocycles. The van der Waals surface area contributed by atoms with E-state index in [2.05, 4.69) is 20.5 Å². The number of Topliss-reactive ketones (excluding diaryl/α,β-unsaturated/α-hetero) is 1. The number of nitrogens with one attached hydrogen (secondary N) is 2. The van der Waals surface area contributed by atoms with Crippen LogP contribution in [0.3, 0.4) is 0 Å². The van der Waals surface area contributed by atoms with E-state index < -0.39 is 84.4 Å². The smallest absolute Gasteiger partial charge is 0.334 e. The molecule has 2 saturated heterocycles. The number of likely N-dealkylation sites (tertiary alicyclic amines) is 1. The minimum absolute atomic E-state index is 0.00276. The highest BCUT2D eigenvalue weighted by Gasteiger charge is 2.41. The number of carbonyl (C=O) groups excluding carboxylic acids is 9. The average Bonchev–Trinajstić information content (AvgIpc) is 1.61. The van der Waals surface area contributed by atoms with Crippen LogP contribution in [0.4, 0.5) is 5.82 Å². The molecule has 37 nitrogen and oxygen atoms in total. The van der Waals surface area contributed by atoms with Crippen molar-refractivity contribution in [3.05, 3.63) is 42.6 Å². The quantitative estimate of drug-likeness (QED) is 0.00600. The number of carbonyl (C=O) groups is 10. The Bertz CT molecular complexity index is 3700. The number of carboxylic acid groups (broad SMARTS) is 1. The monoisotopic (exact) mass is 1740 g/mol. The van der Waals surface area contributed by atoms with Crippen molar-refractivity contribution in [2.24, 2.45) is 17.8 Å². The van der Waals surface area contributed by atoms with Crippen molar-refractivity contribution in [3.8, 4) is 17.1 Å². The summed E-state index contributed by atoms with van der Waals surface area (Å²) in [6.07, 6.45) is 4.90. The third-order valence-electron chi connectivity index (χ3n) is 19.7. The number of ether oxygens (including phenoxy) is 13. The molecular weight excluding hydrogens is 1610 g/mol. The Kier molecular flexibility index (Phi) is 51.9. The number of methoxy groups -OCH3 is 4. The van der Waals surface area contributed by atoms with E-state index in [1.165, 1.54) is 45.1 Å². The van der Waals surface area contributed by atoms with Crippen LogP contribution in [-0.2, 0) is 105 Å². The number of esters is 4. The van der Waals surface area contributed by atoms with Crippen LogP contribution < -0.4 is 20.3 Å². The van der Waals surface area contributed by atoms with Crippen molar-refractivity contribution in [3.63, 3.8) is 0 Å². The van der Waals surface area contributed by atoms with Gasteiger partial charge in [0.15, 0.2) is 42.4 Å². The van der Waals surface area contributed by atoms with Crippen LogP contribution in [0.1, 0.15) is 170 Å². The molecule has 1 aromatic carbocycles. The molecule has 9 unspecified atom stereocenters. The topological polar surface area (TPSA) is 494 Å². The van der Waals surface area contributed by atoms with Gasteiger partial charge in [-0.05, 0) is 107 Å². The summed E-state index contributed by atoms with van der Waals surface area (Å²) >= 11 is 1.38. The lowest BCUT2D eigenvalue weighted by Gasteiger charge is -2.30. The zero-order chi connectivity index (χ0) is 89.2. The number of thioether (sulfide) groups is 1. The predicted octanol–water partition coefficient (Wildman–Crippen LogP) is 6.30. The first-order valence-electron chi connectivity index (χ1n) is 41.4. The summed E-state index contributed by atoms with van der Waals surface area (Å²) in [5.41, 5.74) is 2.25. The number of benzene rings is 1. The predicted molar refractivity (Wildman–Crippen MR) is 441 cm³/mol. The van der Waals surface area contributed by atoms with Gasteiger partial charge in [0.2, 0.25) is 29.3 Å². The largest absolute Gasteiger partial charge is 0.481 e. The summed E-state index contributed by atoms with van der Waals surface area (Å²) in [5.74, 6) is -1.71. The maximum atomic E-state index is 13.3. The van der Waals surface area contributed by atoms with E-state index in [0.29, 0.717) is 123 Å². The van der Waals surface area contributed by atoms with Gasteiger partial charge in [-0.2, -0.15) is 0 Å². The number of aliphatic hydroxyl groups excluding tert-OH is 5. The molecule has 3 aliphatic rings. The van der Waals surface area contributed by atoms with E-state index in [4.69, 9.17) is 101 Å². The Morgan fingerprint density at radius 2 is 1.15 bits per heavy atom. The number of fused-ring (bicyclic) bond motifs is 3. The molecule has 121 heavy (non-hydrogen) atoms. The number of aromatic nitrogens is 3. The van der Waals surface area contributed by atoms with Crippen molar-refractivity contribution in [1.29, 1.82) is 0 Å². The molecule has 2 aliphatic heterocycles. The van der Waals surface area contributed by atoms with Crippen LogP contribution in [0.25, 0.3) is 33.6 Å². The third kappa shape index (κ3) is 38.7. The Labute approximate surface area is 711 Å². The highest BCUT2D eigenvalue weighted by molar-refractivity contribution is 8.00. The molecule has 38 heteroatoms. The van der Waals surface area contributed by atoms with Gasteiger partial charge in [-0.3, -0.25) is 48.1 Å². The maximum Gasteiger partial charge on any atom is 0.334 e. The first-order chi connectivity index (χ1) is 58.2. The normalized spacial score (nSPS) is 17.5. The van der Waals surface area contributed by atoms with Gasteiger partial charge in [0.25, 0.3) is 0 Å². The Morgan fingerprint density at radius 3 is 1.66 bits per heavy atom. The summed E-state index contributed by atoms with van der Waals surface area (Å²) in [4.78, 5) is 139. The van der Waals surface area contributed by atoms with Crippen LogP contribution >= 0.6 is 11.8 Å².